The minimum Gasteiger partial charge on any atom is -0.316 e. The van der Waals surface area contributed by atoms with Crippen LogP contribution in [0.15, 0.2) is 0 Å². The summed E-state index contributed by atoms with van der Waals surface area (Å²) in [4.78, 5) is 2.52. The number of hydrogen-bond donors (Lipinski definition) is 0. The van der Waals surface area contributed by atoms with Gasteiger partial charge in [0, 0.05) is 12.1 Å². The molecule has 0 amide bonds. The van der Waals surface area contributed by atoms with E-state index < -0.39 is 0 Å². The first-order valence-corrected chi connectivity index (χ1v) is 5.15. The molecule has 0 aromatic carbocycles. The highest BCUT2D eigenvalue weighted by Gasteiger charge is 2.42. The lowest BCUT2D eigenvalue weighted by Gasteiger charge is -2.53. The molecule has 2 nitrogen and oxygen atoms in total. The fraction of sp³-hybridized carbons (Fsp3) is 1.00. The summed E-state index contributed by atoms with van der Waals surface area (Å²) in [6.07, 6.45) is 4.15. The average Bonchev–Trinajstić information content (AvgIpc) is 2.05. The van der Waals surface area contributed by atoms with E-state index in [2.05, 4.69) is 11.9 Å². The highest BCUT2D eigenvalue weighted by Crippen LogP contribution is 2.39. The van der Waals surface area contributed by atoms with Crippen LogP contribution in [0, 0.1) is 5.92 Å². The van der Waals surface area contributed by atoms with Gasteiger partial charge < -0.3 is 7.97 Å². The Bertz CT molecular complexity index is 141. The molecule has 64 valence electrons. The second-order valence-electron chi connectivity index (χ2n) is 3.82. The summed E-state index contributed by atoms with van der Waals surface area (Å²) in [5.41, 5.74) is 0. The molecule has 1 aliphatic carbocycles. The van der Waals surface area contributed by atoms with Crippen molar-refractivity contribution in [2.75, 3.05) is 13.7 Å². The van der Waals surface area contributed by atoms with E-state index in [0.29, 0.717) is 0 Å². The predicted octanol–water partition coefficient (Wildman–Crippen LogP) is 1.84. The Labute approximate surface area is 82.0 Å². The molecule has 3 fully saturated rings. The highest BCUT2D eigenvalue weighted by molar-refractivity contribution is 14.1. The van der Waals surface area contributed by atoms with E-state index >= 15 is 0 Å². The van der Waals surface area contributed by atoms with Crippen LogP contribution in [0.5, 0.6) is 0 Å². The van der Waals surface area contributed by atoms with Crippen LogP contribution in [0.4, 0.5) is 0 Å². The number of halogens is 1. The van der Waals surface area contributed by atoms with Crippen LogP contribution < -0.4 is 0 Å². The van der Waals surface area contributed by atoms with Gasteiger partial charge in [0.25, 0.3) is 0 Å². The van der Waals surface area contributed by atoms with Crippen molar-refractivity contribution in [1.29, 1.82) is 0 Å². The largest absolute Gasteiger partial charge is 0.316 e. The number of rotatable bonds is 2. The Kier molecular flexibility index (Phi) is 2.39. The van der Waals surface area contributed by atoms with Gasteiger partial charge in [-0.3, -0.25) is 0 Å². The van der Waals surface area contributed by atoms with Gasteiger partial charge in [0.15, 0.2) is 0 Å². The molecule has 2 heterocycles. The van der Waals surface area contributed by atoms with Gasteiger partial charge in [0.1, 0.15) is 23.0 Å². The van der Waals surface area contributed by atoms with Crippen LogP contribution >= 0.6 is 23.0 Å². The van der Waals surface area contributed by atoms with Gasteiger partial charge in [-0.15, -0.1) is 0 Å². The van der Waals surface area contributed by atoms with Gasteiger partial charge in [-0.05, 0) is 32.2 Å². The van der Waals surface area contributed by atoms with Crippen molar-refractivity contribution in [2.24, 2.45) is 5.92 Å². The zero-order chi connectivity index (χ0) is 7.84. The first kappa shape index (κ1) is 8.26. The van der Waals surface area contributed by atoms with E-state index in [0.717, 1.165) is 24.6 Å². The van der Waals surface area contributed by atoms with Gasteiger partial charge in [-0.2, -0.15) is 0 Å². The summed E-state index contributed by atoms with van der Waals surface area (Å²) in [6.45, 7) is 0.960. The number of fused-ring (bicyclic) bond motifs is 2. The minimum atomic E-state index is 0.840. The molecule has 3 aliphatic rings. The van der Waals surface area contributed by atoms with Crippen LogP contribution in [-0.2, 0) is 3.07 Å². The molecular weight excluding hydrogens is 253 g/mol. The minimum absolute atomic E-state index is 0.840. The molecule has 3 heteroatoms. The summed E-state index contributed by atoms with van der Waals surface area (Å²) in [6, 6.07) is 1.76. The Balaban J connectivity index is 1.84. The molecule has 11 heavy (non-hydrogen) atoms. The molecular formula is C8H14INO. The predicted molar refractivity (Wildman–Crippen MR) is 52.7 cm³/mol. The van der Waals surface area contributed by atoms with E-state index in [1.807, 2.05) is 23.0 Å². The molecule has 1 saturated carbocycles. The zero-order valence-electron chi connectivity index (χ0n) is 6.79. The monoisotopic (exact) mass is 267 g/mol. The lowest BCUT2D eigenvalue weighted by molar-refractivity contribution is -0.0366. The van der Waals surface area contributed by atoms with Crippen molar-refractivity contribution < 1.29 is 3.07 Å². The standard InChI is InChI=1S/C8H14INO/c1-10-7-2-6(5-11-9)3-8(10)4-7/h6-8H,2-5H2,1H3. The van der Waals surface area contributed by atoms with Gasteiger partial charge >= 0.3 is 0 Å². The van der Waals surface area contributed by atoms with E-state index in [1.165, 1.54) is 19.3 Å². The quantitative estimate of drug-likeness (QED) is 0.708. The van der Waals surface area contributed by atoms with Crippen LogP contribution in [0.2, 0.25) is 0 Å². The summed E-state index contributed by atoms with van der Waals surface area (Å²) in [7, 11) is 2.25. The zero-order valence-corrected chi connectivity index (χ0v) is 8.95. The Hall–Kier alpha value is 0.650. The Morgan fingerprint density at radius 1 is 1.36 bits per heavy atom. The molecule has 0 spiro atoms. The van der Waals surface area contributed by atoms with E-state index in [4.69, 9.17) is 3.07 Å². The SMILES string of the molecule is CN1C2CC(COI)CC1C2. The molecule has 0 N–H and O–H groups in total. The molecule has 2 saturated heterocycles. The van der Waals surface area contributed by atoms with E-state index in [1.54, 1.807) is 0 Å². The van der Waals surface area contributed by atoms with Gasteiger partial charge in [0.2, 0.25) is 0 Å². The maximum atomic E-state index is 5.14. The molecule has 0 radical (unpaired) electrons. The van der Waals surface area contributed by atoms with E-state index in [-0.39, 0.29) is 0 Å². The molecule has 0 aromatic heterocycles. The third-order valence-electron chi connectivity index (χ3n) is 3.21. The molecule has 2 aliphatic heterocycles. The molecule has 3 rings (SSSR count). The van der Waals surface area contributed by atoms with Crippen molar-refractivity contribution in [3.8, 4) is 0 Å². The summed E-state index contributed by atoms with van der Waals surface area (Å²) in [5.74, 6) is 0.840. The summed E-state index contributed by atoms with van der Waals surface area (Å²) in [5, 5.41) is 0. The summed E-state index contributed by atoms with van der Waals surface area (Å²) >= 11 is 2.00. The maximum absolute atomic E-state index is 5.14. The van der Waals surface area contributed by atoms with Crippen molar-refractivity contribution >= 4 is 23.0 Å². The Morgan fingerprint density at radius 2 is 2.00 bits per heavy atom. The van der Waals surface area contributed by atoms with Crippen LogP contribution in [0.25, 0.3) is 0 Å². The van der Waals surface area contributed by atoms with Crippen LogP contribution in [0.1, 0.15) is 19.3 Å². The first-order valence-electron chi connectivity index (χ1n) is 4.26. The van der Waals surface area contributed by atoms with E-state index in [9.17, 15) is 0 Å². The maximum Gasteiger partial charge on any atom is 0.109 e. The second kappa shape index (κ2) is 3.18. The van der Waals surface area contributed by atoms with Crippen LogP contribution in [0.3, 0.4) is 0 Å². The number of hydrogen-bond acceptors (Lipinski definition) is 2. The van der Waals surface area contributed by atoms with Crippen molar-refractivity contribution in [2.45, 2.75) is 31.3 Å². The fourth-order valence-corrected chi connectivity index (χ4v) is 2.93. The topological polar surface area (TPSA) is 12.5 Å². The number of nitrogens with zero attached hydrogens (tertiary/aromatic N) is 1. The average molecular weight is 267 g/mol. The smallest absolute Gasteiger partial charge is 0.109 e. The number of piperidine rings is 1. The highest BCUT2D eigenvalue weighted by atomic mass is 127. The Morgan fingerprint density at radius 3 is 2.45 bits per heavy atom. The molecule has 2 unspecified atom stereocenters. The van der Waals surface area contributed by atoms with Crippen LogP contribution in [-0.4, -0.2) is 30.6 Å². The van der Waals surface area contributed by atoms with Gasteiger partial charge in [-0.1, -0.05) is 0 Å². The lowest BCUT2D eigenvalue weighted by atomic mass is 9.74. The van der Waals surface area contributed by atoms with Gasteiger partial charge in [0.05, 0.1) is 6.61 Å². The molecule has 2 bridgehead atoms. The van der Waals surface area contributed by atoms with Gasteiger partial charge in [-0.25, -0.2) is 0 Å². The summed E-state index contributed by atoms with van der Waals surface area (Å²) < 4.78 is 5.14. The lowest BCUT2D eigenvalue weighted by Crippen LogP contribution is -2.59. The first-order chi connectivity index (χ1) is 5.31. The fourth-order valence-electron chi connectivity index (χ4n) is 2.42. The normalized spacial score (nSPS) is 43.6. The third kappa shape index (κ3) is 1.42. The molecule has 2 atom stereocenters. The second-order valence-corrected chi connectivity index (χ2v) is 4.44. The van der Waals surface area contributed by atoms with Crippen molar-refractivity contribution in [1.82, 2.24) is 4.90 Å². The third-order valence-corrected chi connectivity index (χ3v) is 3.57. The molecule has 0 aromatic rings. The van der Waals surface area contributed by atoms with Crippen molar-refractivity contribution in [3.05, 3.63) is 0 Å². The van der Waals surface area contributed by atoms with Crippen molar-refractivity contribution in [3.63, 3.8) is 0 Å².